The molecule has 4 nitrogen and oxygen atoms in total. The lowest BCUT2D eigenvalue weighted by Crippen LogP contribution is -2.47. The Morgan fingerprint density at radius 1 is 1.45 bits per heavy atom. The van der Waals surface area contributed by atoms with Gasteiger partial charge in [-0.2, -0.15) is 0 Å². The molecule has 1 rings (SSSR count). The Balaban J connectivity index is 2.47. The van der Waals surface area contributed by atoms with E-state index in [0.29, 0.717) is 6.42 Å². The van der Waals surface area contributed by atoms with E-state index in [0.717, 1.165) is 0 Å². The molecule has 0 aromatic carbocycles. The van der Waals surface area contributed by atoms with Gasteiger partial charge in [0.1, 0.15) is 6.10 Å². The van der Waals surface area contributed by atoms with Crippen molar-refractivity contribution in [1.29, 1.82) is 0 Å². The van der Waals surface area contributed by atoms with Gasteiger partial charge in [-0.25, -0.2) is 0 Å². The second kappa shape index (κ2) is 3.49. The molecular weight excluding hydrogens is 148 g/mol. The van der Waals surface area contributed by atoms with E-state index in [9.17, 15) is 10.2 Å². The minimum Gasteiger partial charge on any atom is -0.390 e. The van der Waals surface area contributed by atoms with Crippen molar-refractivity contribution in [3.63, 3.8) is 0 Å². The maximum Gasteiger partial charge on any atom is 0.160 e. The third-order valence-electron chi connectivity index (χ3n) is 1.94. The predicted octanol–water partition coefficient (Wildman–Crippen LogP) is -0.510. The van der Waals surface area contributed by atoms with E-state index in [1.165, 1.54) is 7.11 Å². The van der Waals surface area contributed by atoms with E-state index >= 15 is 0 Å². The number of aliphatic hydroxyl groups is 2. The molecule has 1 fully saturated rings. The molecule has 2 N–H and O–H groups in total. The monoisotopic (exact) mass is 162 g/mol. The van der Waals surface area contributed by atoms with Crippen molar-refractivity contribution in [3.8, 4) is 0 Å². The lowest BCUT2D eigenvalue weighted by atomic mass is 10.0. The third-order valence-corrected chi connectivity index (χ3v) is 1.94. The van der Waals surface area contributed by atoms with Crippen LogP contribution in [-0.4, -0.2) is 41.9 Å². The van der Waals surface area contributed by atoms with Crippen LogP contribution in [0.2, 0.25) is 0 Å². The Labute approximate surface area is 65.7 Å². The molecule has 0 amide bonds. The Kier molecular flexibility index (Phi) is 2.84. The molecule has 66 valence electrons. The fourth-order valence-corrected chi connectivity index (χ4v) is 1.18. The Morgan fingerprint density at radius 2 is 2.09 bits per heavy atom. The quantitative estimate of drug-likeness (QED) is 0.545. The van der Waals surface area contributed by atoms with Gasteiger partial charge in [-0.15, -0.1) is 0 Å². The highest BCUT2D eigenvalue weighted by molar-refractivity contribution is 4.79. The molecule has 1 unspecified atom stereocenters. The summed E-state index contributed by atoms with van der Waals surface area (Å²) in [6.07, 6.45) is -1.93. The second-order valence-electron chi connectivity index (χ2n) is 2.80. The molecule has 1 aliphatic heterocycles. The summed E-state index contributed by atoms with van der Waals surface area (Å²) in [5, 5.41) is 18.5. The first-order valence-electron chi connectivity index (χ1n) is 3.69. The van der Waals surface area contributed by atoms with Gasteiger partial charge in [0.25, 0.3) is 0 Å². The molecule has 0 aromatic rings. The van der Waals surface area contributed by atoms with Crippen molar-refractivity contribution in [2.75, 3.05) is 7.11 Å². The van der Waals surface area contributed by atoms with Crippen LogP contribution in [0.25, 0.3) is 0 Å². The summed E-state index contributed by atoms with van der Waals surface area (Å²) in [6, 6.07) is 0. The molecule has 11 heavy (non-hydrogen) atoms. The van der Waals surface area contributed by atoms with Crippen molar-refractivity contribution < 1.29 is 19.7 Å². The summed E-state index contributed by atoms with van der Waals surface area (Å²) < 4.78 is 10.1. The minimum absolute atomic E-state index is 0.335. The van der Waals surface area contributed by atoms with Crippen LogP contribution >= 0.6 is 0 Å². The molecule has 0 saturated carbocycles. The van der Waals surface area contributed by atoms with Crippen LogP contribution < -0.4 is 0 Å². The van der Waals surface area contributed by atoms with Crippen LogP contribution in [0.5, 0.6) is 0 Å². The molecule has 1 saturated heterocycles. The van der Waals surface area contributed by atoms with Crippen LogP contribution in [0.15, 0.2) is 0 Å². The average Bonchev–Trinajstić information content (AvgIpc) is 1.99. The Bertz CT molecular complexity index is 116. The van der Waals surface area contributed by atoms with Gasteiger partial charge < -0.3 is 19.7 Å². The molecule has 1 heterocycles. The topological polar surface area (TPSA) is 58.9 Å². The van der Waals surface area contributed by atoms with Gasteiger partial charge in [0, 0.05) is 13.5 Å². The Hall–Kier alpha value is -0.160. The first-order valence-corrected chi connectivity index (χ1v) is 3.69. The first kappa shape index (κ1) is 8.93. The van der Waals surface area contributed by atoms with Crippen LogP contribution in [0.3, 0.4) is 0 Å². The maximum absolute atomic E-state index is 9.24. The number of aliphatic hydroxyl groups excluding tert-OH is 2. The van der Waals surface area contributed by atoms with Crippen LogP contribution in [0.4, 0.5) is 0 Å². The highest BCUT2D eigenvalue weighted by atomic mass is 16.7. The first-order chi connectivity index (χ1) is 5.15. The van der Waals surface area contributed by atoms with Crippen LogP contribution in [-0.2, 0) is 9.47 Å². The summed E-state index contributed by atoms with van der Waals surface area (Å²) in [5.41, 5.74) is 0. The summed E-state index contributed by atoms with van der Waals surface area (Å²) in [6.45, 7) is 1.71. The van der Waals surface area contributed by atoms with E-state index < -0.39 is 12.2 Å². The fourth-order valence-electron chi connectivity index (χ4n) is 1.18. The van der Waals surface area contributed by atoms with E-state index in [1.54, 1.807) is 6.92 Å². The molecular formula is C7H14O4. The van der Waals surface area contributed by atoms with Crippen LogP contribution in [0.1, 0.15) is 13.3 Å². The average molecular weight is 162 g/mol. The minimum atomic E-state index is -0.790. The number of hydrogen-bond donors (Lipinski definition) is 2. The van der Waals surface area contributed by atoms with E-state index in [2.05, 4.69) is 0 Å². The molecule has 0 radical (unpaired) electrons. The predicted molar refractivity (Wildman–Crippen MR) is 38.0 cm³/mol. The molecule has 4 atom stereocenters. The van der Waals surface area contributed by atoms with E-state index in [-0.39, 0.29) is 12.4 Å². The zero-order valence-corrected chi connectivity index (χ0v) is 6.73. The van der Waals surface area contributed by atoms with Crippen molar-refractivity contribution in [3.05, 3.63) is 0 Å². The molecule has 1 aliphatic rings. The lowest BCUT2D eigenvalue weighted by Gasteiger charge is -2.34. The van der Waals surface area contributed by atoms with Crippen molar-refractivity contribution in [2.45, 2.75) is 37.9 Å². The van der Waals surface area contributed by atoms with Gasteiger partial charge in [0.05, 0.1) is 12.2 Å². The van der Waals surface area contributed by atoms with Gasteiger partial charge in [-0.05, 0) is 6.92 Å². The maximum atomic E-state index is 9.24. The number of hydrogen-bond acceptors (Lipinski definition) is 4. The Morgan fingerprint density at radius 3 is 2.55 bits per heavy atom. The zero-order valence-electron chi connectivity index (χ0n) is 6.73. The second-order valence-corrected chi connectivity index (χ2v) is 2.80. The van der Waals surface area contributed by atoms with Gasteiger partial charge in [-0.3, -0.25) is 0 Å². The molecule has 0 aliphatic carbocycles. The molecule has 0 spiro atoms. The van der Waals surface area contributed by atoms with Crippen molar-refractivity contribution in [2.24, 2.45) is 0 Å². The van der Waals surface area contributed by atoms with E-state index in [1.807, 2.05) is 0 Å². The van der Waals surface area contributed by atoms with Crippen molar-refractivity contribution in [1.82, 2.24) is 0 Å². The normalized spacial score (nSPS) is 45.8. The van der Waals surface area contributed by atoms with E-state index in [4.69, 9.17) is 9.47 Å². The molecule has 0 bridgehead atoms. The SMILES string of the molecule is COC1C[C@@H](O)[C@@H](O)[C@H](C)O1. The molecule has 0 aromatic heterocycles. The third kappa shape index (κ3) is 1.90. The van der Waals surface area contributed by atoms with Gasteiger partial charge in [-0.1, -0.05) is 0 Å². The van der Waals surface area contributed by atoms with Crippen molar-refractivity contribution >= 4 is 0 Å². The zero-order chi connectivity index (χ0) is 8.43. The number of rotatable bonds is 1. The number of ether oxygens (including phenoxy) is 2. The summed E-state index contributed by atoms with van der Waals surface area (Å²) >= 11 is 0. The largest absolute Gasteiger partial charge is 0.390 e. The summed E-state index contributed by atoms with van der Waals surface area (Å²) in [7, 11) is 1.52. The molecule has 4 heteroatoms. The summed E-state index contributed by atoms with van der Waals surface area (Å²) in [4.78, 5) is 0. The lowest BCUT2D eigenvalue weighted by molar-refractivity contribution is -0.237. The van der Waals surface area contributed by atoms with Crippen LogP contribution in [0, 0.1) is 0 Å². The standard InChI is InChI=1S/C7H14O4/c1-4-7(9)5(8)3-6(10-2)11-4/h4-9H,3H2,1-2H3/t4-,5+,6?,7-/m0/s1. The van der Waals surface area contributed by atoms with Gasteiger partial charge in [0.2, 0.25) is 0 Å². The number of methoxy groups -OCH3 is 1. The smallest absolute Gasteiger partial charge is 0.160 e. The van der Waals surface area contributed by atoms with Gasteiger partial charge in [0.15, 0.2) is 6.29 Å². The highest BCUT2D eigenvalue weighted by Gasteiger charge is 2.33. The fraction of sp³-hybridized carbons (Fsp3) is 1.00. The highest BCUT2D eigenvalue weighted by Crippen LogP contribution is 2.19. The summed E-state index contributed by atoms with van der Waals surface area (Å²) in [5.74, 6) is 0. The van der Waals surface area contributed by atoms with Gasteiger partial charge >= 0.3 is 0 Å².